The van der Waals surface area contributed by atoms with Gasteiger partial charge in [-0.05, 0) is 25.5 Å². The highest BCUT2D eigenvalue weighted by molar-refractivity contribution is 6.33. The average molecular weight is 432 g/mol. The van der Waals surface area contributed by atoms with Crippen LogP contribution in [0.1, 0.15) is 19.4 Å². The molecule has 2 aromatic heterocycles. The van der Waals surface area contributed by atoms with Gasteiger partial charge in [-0.1, -0.05) is 35.9 Å². The summed E-state index contributed by atoms with van der Waals surface area (Å²) >= 11 is 6.47. The molecule has 8 nitrogen and oxygen atoms in total. The molecule has 158 valence electrons. The molecule has 5 rings (SSSR count). The molecule has 4 heterocycles. The molecular weight excluding hydrogens is 410 g/mol. The zero-order chi connectivity index (χ0) is 21.0. The number of hydrogen-bond acceptors (Lipinski definition) is 7. The lowest BCUT2D eigenvalue weighted by molar-refractivity contribution is 0.00706. The Morgan fingerprint density at radius 3 is 2.60 bits per heavy atom. The fourth-order valence-corrected chi connectivity index (χ4v) is 4.14. The second-order valence-electron chi connectivity index (χ2n) is 8.19. The van der Waals surface area contributed by atoms with Crippen LogP contribution >= 0.6 is 11.6 Å². The highest BCUT2D eigenvalue weighted by Gasteiger charge is 2.48. The summed E-state index contributed by atoms with van der Waals surface area (Å²) in [5.41, 5.74) is 2.41. The summed E-state index contributed by atoms with van der Waals surface area (Å²) in [6, 6.07) is 9.49. The van der Waals surface area contributed by atoms with Crippen LogP contribution in [-0.4, -0.2) is 62.8 Å². The quantitative estimate of drug-likeness (QED) is 0.581. The predicted octanol–water partition coefficient (Wildman–Crippen LogP) is 2.41. The van der Waals surface area contributed by atoms with E-state index >= 15 is 0 Å². The molecule has 9 heteroatoms. The molecule has 0 bridgehead atoms. The number of nitrogens with zero attached hydrogens (tertiary/aromatic N) is 2. The predicted molar refractivity (Wildman–Crippen MR) is 109 cm³/mol. The summed E-state index contributed by atoms with van der Waals surface area (Å²) in [7, 11) is 0. The first-order valence-corrected chi connectivity index (χ1v) is 10.1. The van der Waals surface area contributed by atoms with Gasteiger partial charge < -0.3 is 29.4 Å². The van der Waals surface area contributed by atoms with Crippen molar-refractivity contribution in [2.75, 3.05) is 13.2 Å². The second-order valence-corrected chi connectivity index (χ2v) is 8.60. The molecule has 4 atom stereocenters. The molecule has 2 aliphatic rings. The topological polar surface area (TPSA) is 110 Å². The van der Waals surface area contributed by atoms with Crippen LogP contribution < -0.4 is 4.74 Å². The molecule has 1 aromatic carbocycles. The van der Waals surface area contributed by atoms with E-state index in [1.165, 1.54) is 0 Å². The van der Waals surface area contributed by atoms with Crippen LogP contribution in [0.5, 0.6) is 6.01 Å². The van der Waals surface area contributed by atoms with Crippen molar-refractivity contribution in [3.05, 3.63) is 40.9 Å². The molecule has 2 saturated heterocycles. The molecule has 2 aliphatic heterocycles. The van der Waals surface area contributed by atoms with E-state index in [9.17, 15) is 10.2 Å². The molecule has 0 unspecified atom stereocenters. The number of H-pyrrole nitrogens is 1. The third-order valence-corrected chi connectivity index (χ3v) is 5.80. The SMILES string of the molecule is CC(C)(O)c1ccc(-c2nc3nc(O[C@@H]4CO[C@H]5[C@@H]4OC[C@H]5O)[nH]c3cc2Cl)cc1. The van der Waals surface area contributed by atoms with Gasteiger partial charge >= 0.3 is 0 Å². The molecule has 0 radical (unpaired) electrons. The molecule has 0 aliphatic carbocycles. The first kappa shape index (κ1) is 19.7. The van der Waals surface area contributed by atoms with Gasteiger partial charge in [-0.2, -0.15) is 4.98 Å². The summed E-state index contributed by atoms with van der Waals surface area (Å²) < 4.78 is 17.1. The number of fused-ring (bicyclic) bond motifs is 2. The van der Waals surface area contributed by atoms with Crippen LogP contribution in [-0.2, 0) is 15.1 Å². The highest BCUT2D eigenvalue weighted by Crippen LogP contribution is 2.33. The van der Waals surface area contributed by atoms with E-state index in [1.807, 2.05) is 24.3 Å². The van der Waals surface area contributed by atoms with Crippen molar-refractivity contribution in [2.45, 2.75) is 43.9 Å². The zero-order valence-corrected chi connectivity index (χ0v) is 17.3. The standard InChI is InChI=1S/C21H22ClN3O5/c1-21(2,27)11-5-3-10(4-6-11)16-12(22)7-13-19(24-16)25-20(23-13)30-15-9-29-17-14(26)8-28-18(15)17/h3-7,14-15,17-18,26-27H,8-9H2,1-2H3,(H,23,24,25)/t14-,15-,17-,18-/m1/s1. The molecule has 2 fully saturated rings. The number of halogens is 1. The van der Waals surface area contributed by atoms with E-state index in [1.54, 1.807) is 19.9 Å². The molecular formula is C21H22ClN3O5. The van der Waals surface area contributed by atoms with E-state index in [0.29, 0.717) is 34.5 Å². The van der Waals surface area contributed by atoms with Crippen molar-refractivity contribution in [3.63, 3.8) is 0 Å². The number of hydrogen-bond donors (Lipinski definition) is 3. The number of benzene rings is 1. The summed E-state index contributed by atoms with van der Waals surface area (Å²) in [6.07, 6.45) is -1.69. The van der Waals surface area contributed by atoms with Gasteiger partial charge in [-0.25, -0.2) is 4.98 Å². The van der Waals surface area contributed by atoms with Crippen LogP contribution in [0.4, 0.5) is 0 Å². The first-order chi connectivity index (χ1) is 14.3. The molecule has 0 spiro atoms. The van der Waals surface area contributed by atoms with Crippen molar-refractivity contribution in [2.24, 2.45) is 0 Å². The Labute approximate surface area is 177 Å². The maximum atomic E-state index is 10.1. The maximum absolute atomic E-state index is 10.1. The number of aromatic nitrogens is 3. The number of pyridine rings is 1. The van der Waals surface area contributed by atoms with E-state index < -0.39 is 11.7 Å². The van der Waals surface area contributed by atoms with Crippen molar-refractivity contribution in [3.8, 4) is 17.3 Å². The Kier molecular flexibility index (Phi) is 4.72. The summed E-state index contributed by atoms with van der Waals surface area (Å²) in [5, 5.41) is 20.5. The number of ether oxygens (including phenoxy) is 3. The van der Waals surface area contributed by atoms with Crippen molar-refractivity contribution >= 4 is 22.8 Å². The smallest absolute Gasteiger partial charge is 0.296 e. The number of nitrogens with one attached hydrogen (secondary N) is 1. The minimum atomic E-state index is -0.920. The molecule has 30 heavy (non-hydrogen) atoms. The fraction of sp³-hybridized carbons (Fsp3) is 0.429. The van der Waals surface area contributed by atoms with E-state index in [0.717, 1.165) is 11.1 Å². The third-order valence-electron chi connectivity index (χ3n) is 5.51. The lowest BCUT2D eigenvalue weighted by Crippen LogP contribution is -2.34. The Hall–Kier alpha value is -2.23. The van der Waals surface area contributed by atoms with Gasteiger partial charge in [0.05, 0.1) is 35.0 Å². The zero-order valence-electron chi connectivity index (χ0n) is 16.5. The largest absolute Gasteiger partial charge is 0.456 e. The number of aliphatic hydroxyl groups excluding tert-OH is 1. The monoisotopic (exact) mass is 431 g/mol. The van der Waals surface area contributed by atoms with Gasteiger partial charge in [0.2, 0.25) is 0 Å². The third kappa shape index (κ3) is 3.44. The second kappa shape index (κ2) is 7.18. The Balaban J connectivity index is 1.41. The summed E-state index contributed by atoms with van der Waals surface area (Å²) in [4.78, 5) is 12.1. The van der Waals surface area contributed by atoms with Crippen LogP contribution in [0.3, 0.4) is 0 Å². The fourth-order valence-electron chi connectivity index (χ4n) is 3.88. The summed E-state index contributed by atoms with van der Waals surface area (Å²) in [5.74, 6) is 0. The van der Waals surface area contributed by atoms with Gasteiger partial charge in [-0.15, -0.1) is 0 Å². The minimum Gasteiger partial charge on any atom is -0.456 e. The van der Waals surface area contributed by atoms with Crippen molar-refractivity contribution in [1.82, 2.24) is 15.0 Å². The Bertz CT molecular complexity index is 1080. The lowest BCUT2D eigenvalue weighted by atomic mass is 9.96. The Morgan fingerprint density at radius 2 is 1.87 bits per heavy atom. The molecule has 0 amide bonds. The number of aliphatic hydroxyl groups is 2. The normalized spacial score (nSPS) is 26.3. The molecule has 0 saturated carbocycles. The van der Waals surface area contributed by atoms with Gasteiger partial charge in [0, 0.05) is 5.56 Å². The van der Waals surface area contributed by atoms with Gasteiger partial charge in [0.1, 0.15) is 18.3 Å². The van der Waals surface area contributed by atoms with Crippen LogP contribution in [0.25, 0.3) is 22.4 Å². The number of rotatable bonds is 4. The first-order valence-electron chi connectivity index (χ1n) is 9.77. The minimum absolute atomic E-state index is 0.238. The van der Waals surface area contributed by atoms with Gasteiger partial charge in [-0.3, -0.25) is 0 Å². The van der Waals surface area contributed by atoms with Gasteiger partial charge in [0.15, 0.2) is 11.8 Å². The summed E-state index contributed by atoms with van der Waals surface area (Å²) in [6.45, 7) is 4.03. The van der Waals surface area contributed by atoms with Crippen LogP contribution in [0, 0.1) is 0 Å². The van der Waals surface area contributed by atoms with E-state index in [2.05, 4.69) is 15.0 Å². The number of aromatic amines is 1. The average Bonchev–Trinajstić information content (AvgIpc) is 3.38. The van der Waals surface area contributed by atoms with Crippen LogP contribution in [0.15, 0.2) is 30.3 Å². The van der Waals surface area contributed by atoms with E-state index in [-0.39, 0.29) is 24.9 Å². The molecule has 3 aromatic rings. The van der Waals surface area contributed by atoms with Gasteiger partial charge in [0.25, 0.3) is 6.01 Å². The number of imidazole rings is 1. The van der Waals surface area contributed by atoms with E-state index in [4.69, 9.17) is 25.8 Å². The van der Waals surface area contributed by atoms with Crippen LogP contribution in [0.2, 0.25) is 5.02 Å². The Morgan fingerprint density at radius 1 is 1.13 bits per heavy atom. The van der Waals surface area contributed by atoms with Crippen molar-refractivity contribution < 1.29 is 24.4 Å². The highest BCUT2D eigenvalue weighted by atomic mass is 35.5. The van der Waals surface area contributed by atoms with Crippen molar-refractivity contribution in [1.29, 1.82) is 0 Å². The maximum Gasteiger partial charge on any atom is 0.296 e. The lowest BCUT2D eigenvalue weighted by Gasteiger charge is -2.17. The molecule has 3 N–H and O–H groups in total.